The Labute approximate surface area is 160 Å². The number of amides is 1. The van der Waals surface area contributed by atoms with Gasteiger partial charge in [-0.05, 0) is 42.8 Å². The van der Waals surface area contributed by atoms with E-state index in [-0.39, 0.29) is 11.7 Å². The van der Waals surface area contributed by atoms with E-state index in [9.17, 15) is 9.18 Å². The molecular formula is C19H20BrFN2OS. The number of benzene rings is 2. The highest BCUT2D eigenvalue weighted by atomic mass is 79.9. The highest BCUT2D eigenvalue weighted by Gasteiger charge is 2.22. The van der Waals surface area contributed by atoms with Gasteiger partial charge < -0.3 is 9.80 Å². The Balaban J connectivity index is 1.52. The van der Waals surface area contributed by atoms with Crippen molar-refractivity contribution in [3.63, 3.8) is 0 Å². The summed E-state index contributed by atoms with van der Waals surface area (Å²) in [5, 5.41) is 0. The SMILES string of the molecule is Cc1cc(Br)ccc1SCC(=O)N1CCN(c2ccccc2F)CC1. The third kappa shape index (κ3) is 4.55. The quantitative estimate of drug-likeness (QED) is 0.684. The summed E-state index contributed by atoms with van der Waals surface area (Å²) in [6.07, 6.45) is 0. The van der Waals surface area contributed by atoms with E-state index in [1.54, 1.807) is 23.9 Å². The van der Waals surface area contributed by atoms with Crippen LogP contribution in [0.15, 0.2) is 51.8 Å². The largest absolute Gasteiger partial charge is 0.366 e. The lowest BCUT2D eigenvalue weighted by Gasteiger charge is -2.36. The molecule has 1 aliphatic rings. The molecule has 6 heteroatoms. The van der Waals surface area contributed by atoms with Crippen LogP contribution in [0.25, 0.3) is 0 Å². The minimum atomic E-state index is -0.205. The van der Waals surface area contributed by atoms with E-state index in [0.29, 0.717) is 37.6 Å². The summed E-state index contributed by atoms with van der Waals surface area (Å²) in [5.74, 6) is 0.367. The molecule has 25 heavy (non-hydrogen) atoms. The molecule has 3 rings (SSSR count). The Kier molecular flexibility index (Phi) is 6.02. The van der Waals surface area contributed by atoms with Gasteiger partial charge in [-0.3, -0.25) is 4.79 Å². The Hall–Kier alpha value is -1.53. The Morgan fingerprint density at radius 1 is 1.16 bits per heavy atom. The van der Waals surface area contributed by atoms with Crippen LogP contribution in [0, 0.1) is 12.7 Å². The summed E-state index contributed by atoms with van der Waals surface area (Å²) < 4.78 is 14.9. The highest BCUT2D eigenvalue weighted by Crippen LogP contribution is 2.26. The number of nitrogens with zero attached hydrogens (tertiary/aromatic N) is 2. The van der Waals surface area contributed by atoms with Crippen LogP contribution in [0.5, 0.6) is 0 Å². The first-order valence-corrected chi connectivity index (χ1v) is 9.98. The number of hydrogen-bond donors (Lipinski definition) is 0. The number of rotatable bonds is 4. The summed E-state index contributed by atoms with van der Waals surface area (Å²) in [6.45, 7) is 4.63. The molecule has 0 atom stereocenters. The number of hydrogen-bond acceptors (Lipinski definition) is 3. The number of carbonyl (C=O) groups is 1. The van der Waals surface area contributed by atoms with Crippen molar-refractivity contribution in [2.45, 2.75) is 11.8 Å². The monoisotopic (exact) mass is 422 g/mol. The van der Waals surface area contributed by atoms with E-state index in [1.807, 2.05) is 34.9 Å². The smallest absolute Gasteiger partial charge is 0.233 e. The van der Waals surface area contributed by atoms with E-state index >= 15 is 0 Å². The Morgan fingerprint density at radius 3 is 2.56 bits per heavy atom. The molecule has 0 radical (unpaired) electrons. The van der Waals surface area contributed by atoms with Crippen molar-refractivity contribution in [2.24, 2.45) is 0 Å². The zero-order valence-corrected chi connectivity index (χ0v) is 16.4. The highest BCUT2D eigenvalue weighted by molar-refractivity contribution is 9.10. The Bertz CT molecular complexity index is 763. The number of carbonyl (C=O) groups excluding carboxylic acids is 1. The van der Waals surface area contributed by atoms with Crippen molar-refractivity contribution in [2.75, 3.05) is 36.8 Å². The van der Waals surface area contributed by atoms with Crippen molar-refractivity contribution in [3.8, 4) is 0 Å². The van der Waals surface area contributed by atoms with Gasteiger partial charge in [0.05, 0.1) is 11.4 Å². The van der Waals surface area contributed by atoms with Gasteiger partial charge in [0, 0.05) is 35.5 Å². The molecule has 3 nitrogen and oxygen atoms in total. The lowest BCUT2D eigenvalue weighted by Crippen LogP contribution is -2.49. The number of piperazine rings is 1. The number of para-hydroxylation sites is 1. The van der Waals surface area contributed by atoms with Gasteiger partial charge in [0.2, 0.25) is 5.91 Å². The third-order valence-electron chi connectivity index (χ3n) is 4.31. The minimum absolute atomic E-state index is 0.139. The molecule has 2 aromatic rings. The number of anilines is 1. The first kappa shape index (κ1) is 18.3. The maximum Gasteiger partial charge on any atom is 0.233 e. The third-order valence-corrected chi connectivity index (χ3v) is 5.97. The van der Waals surface area contributed by atoms with Crippen LogP contribution in [0.1, 0.15) is 5.56 Å². The number of thioether (sulfide) groups is 1. The molecule has 0 unspecified atom stereocenters. The summed E-state index contributed by atoms with van der Waals surface area (Å²) in [6, 6.07) is 12.9. The average molecular weight is 423 g/mol. The predicted octanol–water partition coefficient (Wildman–Crippen LogP) is 4.34. The van der Waals surface area contributed by atoms with Crippen LogP contribution in [0.2, 0.25) is 0 Å². The lowest BCUT2D eigenvalue weighted by molar-refractivity contribution is -0.128. The normalized spacial score (nSPS) is 14.7. The van der Waals surface area contributed by atoms with Crippen molar-refractivity contribution in [1.29, 1.82) is 0 Å². The molecule has 0 aromatic heterocycles. The van der Waals surface area contributed by atoms with Gasteiger partial charge >= 0.3 is 0 Å². The first-order valence-electron chi connectivity index (χ1n) is 8.21. The average Bonchev–Trinajstić information content (AvgIpc) is 2.61. The molecule has 1 saturated heterocycles. The maximum atomic E-state index is 13.9. The molecule has 1 heterocycles. The fraction of sp³-hybridized carbons (Fsp3) is 0.316. The van der Waals surface area contributed by atoms with Crippen LogP contribution >= 0.6 is 27.7 Å². The Morgan fingerprint density at radius 2 is 1.88 bits per heavy atom. The van der Waals surface area contributed by atoms with Crippen LogP contribution in [-0.2, 0) is 4.79 Å². The van der Waals surface area contributed by atoms with Crippen molar-refractivity contribution in [1.82, 2.24) is 4.90 Å². The van der Waals surface area contributed by atoms with Gasteiger partial charge in [0.15, 0.2) is 0 Å². The molecule has 0 aliphatic carbocycles. The molecule has 2 aromatic carbocycles. The second kappa shape index (κ2) is 8.23. The summed E-state index contributed by atoms with van der Waals surface area (Å²) >= 11 is 5.02. The molecule has 0 spiro atoms. The van der Waals surface area contributed by atoms with E-state index in [1.165, 1.54) is 6.07 Å². The molecule has 1 aliphatic heterocycles. The summed E-state index contributed by atoms with van der Waals surface area (Å²) in [7, 11) is 0. The lowest BCUT2D eigenvalue weighted by atomic mass is 10.2. The zero-order valence-electron chi connectivity index (χ0n) is 14.0. The number of aryl methyl sites for hydroxylation is 1. The van der Waals surface area contributed by atoms with Crippen molar-refractivity contribution < 1.29 is 9.18 Å². The maximum absolute atomic E-state index is 13.9. The molecule has 0 N–H and O–H groups in total. The van der Waals surface area contributed by atoms with E-state index in [4.69, 9.17) is 0 Å². The van der Waals surface area contributed by atoms with Gasteiger partial charge in [-0.2, -0.15) is 0 Å². The molecule has 1 fully saturated rings. The van der Waals surface area contributed by atoms with Crippen LogP contribution in [0.4, 0.5) is 10.1 Å². The van der Waals surface area contributed by atoms with Gasteiger partial charge in [-0.25, -0.2) is 4.39 Å². The second-order valence-electron chi connectivity index (χ2n) is 6.02. The van der Waals surface area contributed by atoms with Gasteiger partial charge in [0.25, 0.3) is 0 Å². The molecule has 0 bridgehead atoms. The van der Waals surface area contributed by atoms with Crippen molar-refractivity contribution >= 4 is 39.3 Å². The summed E-state index contributed by atoms with van der Waals surface area (Å²) in [5.41, 5.74) is 1.78. The van der Waals surface area contributed by atoms with Gasteiger partial charge in [-0.1, -0.05) is 28.1 Å². The number of halogens is 2. The minimum Gasteiger partial charge on any atom is -0.366 e. The standard InChI is InChI=1S/C19H20BrFN2OS/c1-14-12-15(20)6-7-18(14)25-13-19(24)23-10-8-22(9-11-23)17-5-3-2-4-16(17)21/h2-7,12H,8-11,13H2,1H3. The topological polar surface area (TPSA) is 23.6 Å². The molecule has 1 amide bonds. The fourth-order valence-electron chi connectivity index (χ4n) is 2.91. The molecule has 132 valence electrons. The predicted molar refractivity (Wildman–Crippen MR) is 105 cm³/mol. The van der Waals surface area contributed by atoms with E-state index < -0.39 is 0 Å². The van der Waals surface area contributed by atoms with Crippen LogP contribution < -0.4 is 4.90 Å². The second-order valence-corrected chi connectivity index (χ2v) is 7.95. The van der Waals surface area contributed by atoms with Crippen molar-refractivity contribution in [3.05, 3.63) is 58.3 Å². The van der Waals surface area contributed by atoms with E-state index in [2.05, 4.69) is 22.0 Å². The zero-order chi connectivity index (χ0) is 17.8. The first-order chi connectivity index (χ1) is 12.0. The van der Waals surface area contributed by atoms with Crippen LogP contribution in [-0.4, -0.2) is 42.7 Å². The van der Waals surface area contributed by atoms with Crippen LogP contribution in [0.3, 0.4) is 0 Å². The molecule has 0 saturated carbocycles. The van der Waals surface area contributed by atoms with E-state index in [0.717, 1.165) is 14.9 Å². The van der Waals surface area contributed by atoms with Gasteiger partial charge in [-0.15, -0.1) is 11.8 Å². The fourth-order valence-corrected chi connectivity index (χ4v) is 4.30. The summed E-state index contributed by atoms with van der Waals surface area (Å²) in [4.78, 5) is 17.5. The molecular weight excluding hydrogens is 403 g/mol. The van der Waals surface area contributed by atoms with Gasteiger partial charge in [0.1, 0.15) is 5.82 Å².